The normalized spacial score (nSPS) is 12.6. The number of hydrogen-bond acceptors (Lipinski definition) is 2. The second-order valence-corrected chi connectivity index (χ2v) is 15.6. The van der Waals surface area contributed by atoms with E-state index in [0.717, 1.165) is 72.9 Å². The minimum atomic E-state index is -0.289. The Labute approximate surface area is 340 Å². The van der Waals surface area contributed by atoms with Gasteiger partial charge in [-0.2, -0.15) is 0 Å². The second-order valence-electron chi connectivity index (χ2n) is 15.6. The molecule has 59 heavy (non-hydrogen) atoms. The summed E-state index contributed by atoms with van der Waals surface area (Å²) in [6.45, 7) is -0.289. The lowest BCUT2D eigenvalue weighted by Crippen LogP contribution is -2.53. The third kappa shape index (κ3) is 4.79. The maximum Gasteiger partial charge on any atom is 0.434 e. The third-order valence-corrected chi connectivity index (χ3v) is 12.4. The Kier molecular flexibility index (Phi) is 6.78. The zero-order valence-corrected chi connectivity index (χ0v) is 31.8. The fraction of sp³-hybridized carbons (Fsp3) is 0. The van der Waals surface area contributed by atoms with Gasteiger partial charge in [-0.05, 0) is 101 Å². The summed E-state index contributed by atoms with van der Waals surface area (Å²) >= 11 is 0. The summed E-state index contributed by atoms with van der Waals surface area (Å²) in [6, 6.07) is 71.8. The minimum Gasteiger partial charge on any atom is -0.551 e. The van der Waals surface area contributed by atoms with Crippen molar-refractivity contribution in [3.63, 3.8) is 0 Å². The predicted octanol–water partition coefficient (Wildman–Crippen LogP) is 12.5. The van der Waals surface area contributed by atoms with Crippen molar-refractivity contribution in [1.29, 1.82) is 0 Å². The average Bonchev–Trinajstić information content (AvgIpc) is 3.82. The molecule has 9 aromatic carbocycles. The van der Waals surface area contributed by atoms with Crippen LogP contribution in [0.25, 0.3) is 88.4 Å². The van der Waals surface area contributed by atoms with Crippen molar-refractivity contribution in [2.45, 2.75) is 0 Å². The molecule has 5 heteroatoms. The molecule has 0 atom stereocenters. The first-order chi connectivity index (χ1) is 29.2. The molecule has 2 aliphatic rings. The van der Waals surface area contributed by atoms with Crippen LogP contribution in [0.15, 0.2) is 200 Å². The average molecular weight is 753 g/mol. The SMILES string of the molecule is c1cc(-c2cc3c4c(c2)-c2ccccc2OB4c2ccc(-c4ccc(-n5c6ccccc6c6ccccc65)cc4)cc2O3)cc(-n2c3ccccc3c3ccccc32)c1. The van der Waals surface area contributed by atoms with Crippen LogP contribution in [-0.4, -0.2) is 16.0 Å². The van der Waals surface area contributed by atoms with E-state index in [1.165, 1.54) is 43.6 Å². The molecule has 4 nitrogen and oxygen atoms in total. The molecule has 0 fully saturated rings. The fourth-order valence-corrected chi connectivity index (χ4v) is 9.73. The van der Waals surface area contributed by atoms with Crippen LogP contribution in [0.5, 0.6) is 17.2 Å². The molecule has 0 spiro atoms. The molecular formula is C54H33BN2O2. The molecule has 0 saturated carbocycles. The monoisotopic (exact) mass is 752 g/mol. The van der Waals surface area contributed by atoms with Crippen molar-refractivity contribution in [2.75, 3.05) is 0 Å². The van der Waals surface area contributed by atoms with Gasteiger partial charge in [0, 0.05) is 49.4 Å². The molecule has 0 N–H and O–H groups in total. The Morgan fingerprint density at radius 1 is 0.339 bits per heavy atom. The molecule has 0 bridgehead atoms. The lowest BCUT2D eigenvalue weighted by atomic mass is 9.50. The number of aromatic nitrogens is 2. The Morgan fingerprint density at radius 3 is 1.54 bits per heavy atom. The first-order valence-electron chi connectivity index (χ1n) is 20.2. The highest BCUT2D eigenvalue weighted by Crippen LogP contribution is 2.43. The number of nitrogens with zero attached hydrogens (tertiary/aromatic N) is 2. The van der Waals surface area contributed by atoms with Crippen LogP contribution < -0.4 is 20.3 Å². The number of para-hydroxylation sites is 5. The summed E-state index contributed by atoms with van der Waals surface area (Å²) in [4.78, 5) is 0. The van der Waals surface area contributed by atoms with Crippen LogP contribution in [0.2, 0.25) is 0 Å². The first-order valence-corrected chi connectivity index (χ1v) is 20.2. The van der Waals surface area contributed by atoms with E-state index < -0.39 is 0 Å². The highest BCUT2D eigenvalue weighted by atomic mass is 16.5. The predicted molar refractivity (Wildman–Crippen MR) is 244 cm³/mol. The lowest BCUT2D eigenvalue weighted by Gasteiger charge is -2.33. The van der Waals surface area contributed by atoms with Gasteiger partial charge in [-0.25, -0.2) is 0 Å². The maximum absolute atomic E-state index is 6.97. The number of benzene rings is 9. The van der Waals surface area contributed by atoms with E-state index in [1.807, 2.05) is 0 Å². The van der Waals surface area contributed by atoms with E-state index in [9.17, 15) is 0 Å². The van der Waals surface area contributed by atoms with Gasteiger partial charge in [0.25, 0.3) is 0 Å². The van der Waals surface area contributed by atoms with Crippen molar-refractivity contribution in [3.05, 3.63) is 200 Å². The van der Waals surface area contributed by atoms with Crippen LogP contribution in [0.3, 0.4) is 0 Å². The summed E-state index contributed by atoms with van der Waals surface area (Å²) in [5.41, 5.74) is 15.8. The molecule has 274 valence electrons. The Bertz CT molecular complexity index is 3420. The van der Waals surface area contributed by atoms with Crippen molar-refractivity contribution in [2.24, 2.45) is 0 Å². The van der Waals surface area contributed by atoms with Crippen molar-refractivity contribution in [3.8, 4) is 62.0 Å². The van der Waals surface area contributed by atoms with E-state index in [2.05, 4.69) is 209 Å². The number of ether oxygens (including phenoxy) is 1. The van der Waals surface area contributed by atoms with Gasteiger partial charge in [0.1, 0.15) is 17.2 Å². The molecule has 0 unspecified atom stereocenters. The van der Waals surface area contributed by atoms with Gasteiger partial charge in [0.05, 0.1) is 22.1 Å². The van der Waals surface area contributed by atoms with Gasteiger partial charge in [0.2, 0.25) is 0 Å². The van der Waals surface area contributed by atoms with Gasteiger partial charge in [0.15, 0.2) is 0 Å². The quantitative estimate of drug-likeness (QED) is 0.168. The largest absolute Gasteiger partial charge is 0.551 e. The lowest BCUT2D eigenvalue weighted by molar-refractivity contribution is 0.480. The highest BCUT2D eigenvalue weighted by Gasteiger charge is 2.41. The number of hydrogen-bond donors (Lipinski definition) is 0. The Balaban J connectivity index is 0.913. The summed E-state index contributed by atoms with van der Waals surface area (Å²) in [5, 5.41) is 5.02. The van der Waals surface area contributed by atoms with E-state index in [-0.39, 0.29) is 6.92 Å². The molecule has 0 aliphatic carbocycles. The number of fused-ring (bicyclic) bond motifs is 10. The molecule has 0 saturated heterocycles. The summed E-state index contributed by atoms with van der Waals surface area (Å²) in [5.74, 6) is 2.52. The van der Waals surface area contributed by atoms with Gasteiger partial charge in [-0.3, -0.25) is 0 Å². The zero-order chi connectivity index (χ0) is 38.6. The smallest absolute Gasteiger partial charge is 0.434 e. The van der Waals surface area contributed by atoms with Crippen molar-refractivity contribution in [1.82, 2.24) is 9.13 Å². The molecule has 2 aromatic heterocycles. The fourth-order valence-electron chi connectivity index (χ4n) is 9.73. The summed E-state index contributed by atoms with van der Waals surface area (Å²) in [7, 11) is 0. The van der Waals surface area contributed by atoms with E-state index in [4.69, 9.17) is 9.39 Å². The first kappa shape index (κ1) is 32.3. The van der Waals surface area contributed by atoms with Crippen LogP contribution in [0.1, 0.15) is 0 Å². The molecule has 0 amide bonds. The van der Waals surface area contributed by atoms with Crippen LogP contribution in [-0.2, 0) is 0 Å². The Morgan fingerprint density at radius 2 is 0.881 bits per heavy atom. The number of rotatable bonds is 4. The third-order valence-electron chi connectivity index (χ3n) is 12.4. The van der Waals surface area contributed by atoms with Crippen molar-refractivity contribution < 1.29 is 9.39 Å². The molecule has 0 radical (unpaired) electrons. The minimum absolute atomic E-state index is 0.289. The van der Waals surface area contributed by atoms with Gasteiger partial charge >= 0.3 is 6.92 Å². The molecular weight excluding hydrogens is 719 g/mol. The zero-order valence-electron chi connectivity index (χ0n) is 31.8. The molecule has 13 rings (SSSR count). The topological polar surface area (TPSA) is 28.3 Å². The van der Waals surface area contributed by atoms with Crippen LogP contribution in [0, 0.1) is 0 Å². The maximum atomic E-state index is 6.97. The van der Waals surface area contributed by atoms with Crippen molar-refractivity contribution >= 4 is 61.5 Å². The van der Waals surface area contributed by atoms with E-state index in [1.54, 1.807) is 0 Å². The second kappa shape index (κ2) is 12.4. The van der Waals surface area contributed by atoms with Gasteiger partial charge < -0.3 is 18.5 Å². The Hall–Kier alpha value is -7.76. The summed E-state index contributed by atoms with van der Waals surface area (Å²) in [6.07, 6.45) is 0. The molecule has 2 aliphatic heterocycles. The molecule has 4 heterocycles. The standard InChI is InChI=1S/C54H33BN2O2/c1-6-19-47-40(14-1)41-15-2-7-20-48(41)56(47)38-27-24-34(25-28-38)36-26-29-46-52(32-36)58-53-33-37(31-45-44-18-5-10-23-51(44)59-55(46)54(45)53)35-12-11-13-39(30-35)57-49-21-8-3-16-42(49)43-17-4-9-22-50(43)57/h1-33H. The van der Waals surface area contributed by atoms with Gasteiger partial charge in [-0.1, -0.05) is 127 Å². The summed E-state index contributed by atoms with van der Waals surface area (Å²) < 4.78 is 18.5. The van der Waals surface area contributed by atoms with Crippen LogP contribution >= 0.6 is 0 Å². The van der Waals surface area contributed by atoms with Crippen LogP contribution in [0.4, 0.5) is 0 Å². The van der Waals surface area contributed by atoms with E-state index in [0.29, 0.717) is 0 Å². The van der Waals surface area contributed by atoms with E-state index >= 15 is 0 Å². The highest BCUT2D eigenvalue weighted by molar-refractivity contribution is 6.84. The molecule has 11 aromatic rings. The van der Waals surface area contributed by atoms with Gasteiger partial charge in [-0.15, -0.1) is 0 Å².